The van der Waals surface area contributed by atoms with Gasteiger partial charge >= 0.3 is 0 Å². The van der Waals surface area contributed by atoms with Gasteiger partial charge in [-0.05, 0) is 25.7 Å². The molecule has 1 saturated carbocycles. The van der Waals surface area contributed by atoms with Crippen LogP contribution in [0.5, 0.6) is 11.8 Å². The Morgan fingerprint density at radius 2 is 1.89 bits per heavy atom. The molecule has 18 heavy (non-hydrogen) atoms. The van der Waals surface area contributed by atoms with Crippen LogP contribution < -0.4 is 5.73 Å². The Morgan fingerprint density at radius 3 is 2.39 bits per heavy atom. The first-order chi connectivity index (χ1) is 8.52. The van der Waals surface area contributed by atoms with E-state index in [0.29, 0.717) is 5.56 Å². The minimum atomic E-state index is -0.593. The van der Waals surface area contributed by atoms with Crippen LogP contribution in [0.3, 0.4) is 0 Å². The van der Waals surface area contributed by atoms with E-state index in [1.807, 2.05) is 0 Å². The number of aromatic nitrogens is 1. The van der Waals surface area contributed by atoms with Crippen LogP contribution in [0.15, 0.2) is 0 Å². The first kappa shape index (κ1) is 13.0. The van der Waals surface area contributed by atoms with Gasteiger partial charge in [0.05, 0.1) is 11.6 Å². The van der Waals surface area contributed by atoms with E-state index >= 15 is 0 Å². The molecular formula is C13H20N2O3. The highest BCUT2D eigenvalue weighted by atomic mass is 16.3. The van der Waals surface area contributed by atoms with Crippen LogP contribution in [-0.2, 0) is 0 Å². The van der Waals surface area contributed by atoms with Crippen LogP contribution in [0.25, 0.3) is 0 Å². The lowest BCUT2D eigenvalue weighted by Crippen LogP contribution is -2.39. The zero-order valence-electron chi connectivity index (χ0n) is 10.6. The van der Waals surface area contributed by atoms with Gasteiger partial charge in [-0.1, -0.05) is 19.3 Å². The zero-order chi connectivity index (χ0) is 13.3. The SMILES string of the molecule is Cc1c(O)[nH]c(O)c1C(=O)[C@@H](N)C1CCCCC1. The molecule has 1 heterocycles. The number of ketones is 1. The minimum Gasteiger partial charge on any atom is -0.494 e. The maximum Gasteiger partial charge on any atom is 0.202 e. The van der Waals surface area contributed by atoms with Crippen LogP contribution in [0, 0.1) is 12.8 Å². The molecule has 1 aromatic rings. The summed E-state index contributed by atoms with van der Waals surface area (Å²) in [6.45, 7) is 1.59. The number of H-pyrrole nitrogens is 1. The van der Waals surface area contributed by atoms with Crippen LogP contribution in [0.2, 0.25) is 0 Å². The number of hydrogen-bond donors (Lipinski definition) is 4. The Bertz CT molecular complexity index is 447. The van der Waals surface area contributed by atoms with Gasteiger partial charge in [0.1, 0.15) is 0 Å². The van der Waals surface area contributed by atoms with Gasteiger partial charge in [0.2, 0.25) is 5.88 Å². The molecule has 0 bridgehead atoms. The molecule has 5 nitrogen and oxygen atoms in total. The van der Waals surface area contributed by atoms with Gasteiger partial charge in [-0.15, -0.1) is 0 Å². The van der Waals surface area contributed by atoms with Crippen molar-refractivity contribution < 1.29 is 15.0 Å². The van der Waals surface area contributed by atoms with Crippen molar-refractivity contribution in [1.82, 2.24) is 4.98 Å². The fraction of sp³-hybridized carbons (Fsp3) is 0.615. The third-order valence-corrected chi connectivity index (χ3v) is 3.91. The molecule has 2 rings (SSSR count). The highest BCUT2D eigenvalue weighted by molar-refractivity contribution is 6.03. The topological polar surface area (TPSA) is 99.3 Å². The van der Waals surface area contributed by atoms with Gasteiger partial charge in [0.25, 0.3) is 0 Å². The normalized spacial score (nSPS) is 18.8. The number of aromatic amines is 1. The average Bonchev–Trinajstić information content (AvgIpc) is 2.63. The molecule has 100 valence electrons. The van der Waals surface area contributed by atoms with E-state index in [9.17, 15) is 15.0 Å². The Kier molecular flexibility index (Phi) is 3.61. The smallest absolute Gasteiger partial charge is 0.202 e. The molecule has 0 aliphatic heterocycles. The number of carbonyl (C=O) groups is 1. The summed E-state index contributed by atoms with van der Waals surface area (Å²) in [5, 5.41) is 19.1. The van der Waals surface area contributed by atoms with E-state index in [1.54, 1.807) is 6.92 Å². The minimum absolute atomic E-state index is 0.130. The number of aromatic hydroxyl groups is 2. The van der Waals surface area contributed by atoms with Crippen molar-refractivity contribution in [3.8, 4) is 11.8 Å². The monoisotopic (exact) mass is 252 g/mol. The number of rotatable bonds is 3. The van der Waals surface area contributed by atoms with E-state index < -0.39 is 6.04 Å². The molecular weight excluding hydrogens is 232 g/mol. The molecule has 1 fully saturated rings. The summed E-state index contributed by atoms with van der Waals surface area (Å²) in [5.74, 6) is -0.566. The molecule has 0 radical (unpaired) electrons. The van der Waals surface area contributed by atoms with E-state index in [0.717, 1.165) is 25.7 Å². The van der Waals surface area contributed by atoms with Crippen molar-refractivity contribution in [2.45, 2.75) is 45.1 Å². The lowest BCUT2D eigenvalue weighted by molar-refractivity contribution is 0.0913. The molecule has 0 unspecified atom stereocenters. The van der Waals surface area contributed by atoms with E-state index in [1.165, 1.54) is 6.42 Å². The van der Waals surface area contributed by atoms with Crippen molar-refractivity contribution >= 4 is 5.78 Å². The number of Topliss-reactive ketones (excluding diaryl/α,β-unsaturated/α-hetero) is 1. The van der Waals surface area contributed by atoms with Crippen molar-refractivity contribution in [2.24, 2.45) is 11.7 Å². The molecule has 1 aliphatic rings. The fourth-order valence-corrected chi connectivity index (χ4v) is 2.74. The molecule has 0 amide bonds. The molecule has 1 atom stereocenters. The van der Waals surface area contributed by atoms with Crippen molar-refractivity contribution in [1.29, 1.82) is 0 Å². The maximum atomic E-state index is 12.3. The molecule has 1 aromatic heterocycles. The maximum absolute atomic E-state index is 12.3. The largest absolute Gasteiger partial charge is 0.494 e. The van der Waals surface area contributed by atoms with E-state index in [4.69, 9.17) is 5.73 Å². The highest BCUT2D eigenvalue weighted by Crippen LogP contribution is 2.32. The Balaban J connectivity index is 2.19. The zero-order valence-corrected chi connectivity index (χ0v) is 10.6. The summed E-state index contributed by atoms with van der Waals surface area (Å²) >= 11 is 0. The number of hydrogen-bond acceptors (Lipinski definition) is 4. The van der Waals surface area contributed by atoms with Crippen LogP contribution in [0.1, 0.15) is 48.0 Å². The van der Waals surface area contributed by atoms with Gasteiger partial charge in [-0.3, -0.25) is 9.78 Å². The summed E-state index contributed by atoms with van der Waals surface area (Å²) in [6, 6.07) is -0.593. The van der Waals surface area contributed by atoms with Crippen LogP contribution >= 0.6 is 0 Å². The van der Waals surface area contributed by atoms with Gasteiger partial charge in [-0.2, -0.15) is 0 Å². The van der Waals surface area contributed by atoms with Crippen molar-refractivity contribution in [2.75, 3.05) is 0 Å². The van der Waals surface area contributed by atoms with Crippen molar-refractivity contribution in [3.05, 3.63) is 11.1 Å². The molecule has 5 heteroatoms. The lowest BCUT2D eigenvalue weighted by atomic mass is 9.81. The first-order valence-corrected chi connectivity index (χ1v) is 6.42. The molecule has 0 spiro atoms. The van der Waals surface area contributed by atoms with E-state index in [-0.39, 0.29) is 29.0 Å². The first-order valence-electron chi connectivity index (χ1n) is 6.42. The summed E-state index contributed by atoms with van der Waals surface area (Å²) in [5.41, 5.74) is 6.51. The summed E-state index contributed by atoms with van der Waals surface area (Å²) in [4.78, 5) is 14.6. The predicted molar refractivity (Wildman–Crippen MR) is 67.7 cm³/mol. The number of nitrogens with two attached hydrogens (primary N) is 1. The molecule has 0 saturated heterocycles. The van der Waals surface area contributed by atoms with Gasteiger partial charge in [0, 0.05) is 5.56 Å². The third-order valence-electron chi connectivity index (χ3n) is 3.91. The standard InChI is InChI=1S/C13H20N2O3/c1-7-9(13(18)15-12(7)17)11(16)10(14)8-5-3-2-4-6-8/h8,10,15,17-18H,2-6,14H2,1H3/t10-/m0/s1. The second-order valence-corrected chi connectivity index (χ2v) is 5.11. The summed E-state index contributed by atoms with van der Waals surface area (Å²) in [7, 11) is 0. The summed E-state index contributed by atoms with van der Waals surface area (Å²) < 4.78 is 0. The van der Waals surface area contributed by atoms with Gasteiger partial charge < -0.3 is 15.9 Å². The van der Waals surface area contributed by atoms with Crippen molar-refractivity contribution in [3.63, 3.8) is 0 Å². The summed E-state index contributed by atoms with van der Waals surface area (Å²) in [6.07, 6.45) is 5.34. The van der Waals surface area contributed by atoms with Crippen LogP contribution in [0.4, 0.5) is 0 Å². The second-order valence-electron chi connectivity index (χ2n) is 5.11. The molecule has 5 N–H and O–H groups in total. The Hall–Kier alpha value is -1.49. The Labute approximate surface area is 106 Å². The van der Waals surface area contributed by atoms with E-state index in [2.05, 4.69) is 4.98 Å². The second kappa shape index (κ2) is 5.02. The lowest BCUT2D eigenvalue weighted by Gasteiger charge is -2.26. The van der Waals surface area contributed by atoms with Crippen LogP contribution in [-0.4, -0.2) is 27.0 Å². The number of carbonyl (C=O) groups excluding carboxylic acids is 1. The quantitative estimate of drug-likeness (QED) is 0.616. The third kappa shape index (κ3) is 2.22. The van der Waals surface area contributed by atoms with Gasteiger partial charge in [0.15, 0.2) is 11.7 Å². The van der Waals surface area contributed by atoms with Gasteiger partial charge in [-0.25, -0.2) is 0 Å². The number of nitrogens with one attached hydrogen (secondary N) is 1. The average molecular weight is 252 g/mol. The highest BCUT2D eigenvalue weighted by Gasteiger charge is 2.31. The Morgan fingerprint density at radius 1 is 1.28 bits per heavy atom. The fourth-order valence-electron chi connectivity index (χ4n) is 2.74. The predicted octanol–water partition coefficient (Wildman–Crippen LogP) is 1.82. The molecule has 0 aromatic carbocycles. The molecule has 1 aliphatic carbocycles.